The lowest BCUT2D eigenvalue weighted by atomic mass is 10.1. The molecule has 3 heteroatoms. The molecule has 0 bridgehead atoms. The summed E-state index contributed by atoms with van der Waals surface area (Å²) in [5.41, 5.74) is 1.15. The Morgan fingerprint density at radius 1 is 1.33 bits per heavy atom. The van der Waals surface area contributed by atoms with E-state index in [0.29, 0.717) is 0 Å². The summed E-state index contributed by atoms with van der Waals surface area (Å²) in [4.78, 5) is 14.8. The summed E-state index contributed by atoms with van der Waals surface area (Å²) in [6.45, 7) is 2.34. The Morgan fingerprint density at radius 3 is 2.87 bits per heavy atom. The Hall–Kier alpha value is -1.38. The molecular weight excluding hydrogens is 188 g/mol. The SMILES string of the molecule is CC(=O)NCCCCCc1ccccn1. The number of aromatic nitrogens is 1. The molecule has 0 saturated heterocycles. The van der Waals surface area contributed by atoms with Crippen LogP contribution in [-0.2, 0) is 11.2 Å². The molecule has 0 aliphatic heterocycles. The second-order valence-electron chi connectivity index (χ2n) is 3.61. The second kappa shape index (κ2) is 6.98. The number of unbranched alkanes of at least 4 members (excludes halogenated alkanes) is 2. The lowest BCUT2D eigenvalue weighted by molar-refractivity contribution is -0.118. The van der Waals surface area contributed by atoms with Crippen molar-refractivity contribution in [2.45, 2.75) is 32.6 Å². The van der Waals surface area contributed by atoms with E-state index in [1.807, 2.05) is 24.4 Å². The third-order valence-electron chi connectivity index (χ3n) is 2.21. The van der Waals surface area contributed by atoms with Crippen molar-refractivity contribution in [2.24, 2.45) is 0 Å². The molecule has 0 saturated carbocycles. The van der Waals surface area contributed by atoms with Crippen molar-refractivity contribution in [3.63, 3.8) is 0 Å². The molecule has 1 amide bonds. The normalized spacial score (nSPS) is 9.93. The molecule has 15 heavy (non-hydrogen) atoms. The van der Waals surface area contributed by atoms with Gasteiger partial charge in [-0.05, 0) is 31.4 Å². The second-order valence-corrected chi connectivity index (χ2v) is 3.61. The maximum Gasteiger partial charge on any atom is 0.216 e. The molecular formula is C12H18N2O. The monoisotopic (exact) mass is 206 g/mol. The van der Waals surface area contributed by atoms with Gasteiger partial charge in [0, 0.05) is 25.4 Å². The lowest BCUT2D eigenvalue weighted by Crippen LogP contribution is -2.20. The van der Waals surface area contributed by atoms with Gasteiger partial charge in [0.15, 0.2) is 0 Å². The number of hydrogen-bond acceptors (Lipinski definition) is 2. The Kier molecular flexibility index (Phi) is 5.44. The lowest BCUT2D eigenvalue weighted by Gasteiger charge is -2.02. The number of nitrogens with zero attached hydrogens (tertiary/aromatic N) is 1. The summed E-state index contributed by atoms with van der Waals surface area (Å²) < 4.78 is 0. The summed E-state index contributed by atoms with van der Waals surface area (Å²) in [5, 5.41) is 2.79. The van der Waals surface area contributed by atoms with Gasteiger partial charge in [-0.3, -0.25) is 9.78 Å². The molecule has 0 atom stereocenters. The van der Waals surface area contributed by atoms with E-state index < -0.39 is 0 Å². The van der Waals surface area contributed by atoms with E-state index in [1.54, 1.807) is 6.92 Å². The molecule has 0 unspecified atom stereocenters. The van der Waals surface area contributed by atoms with Crippen molar-refractivity contribution in [1.82, 2.24) is 10.3 Å². The minimum absolute atomic E-state index is 0.0553. The standard InChI is InChI=1S/C12H18N2O/c1-11(15)13-9-5-2-3-7-12-8-4-6-10-14-12/h4,6,8,10H,2-3,5,7,9H2,1H3,(H,13,15). The predicted molar refractivity (Wildman–Crippen MR) is 60.5 cm³/mol. The summed E-state index contributed by atoms with van der Waals surface area (Å²) in [6.07, 6.45) is 6.17. The van der Waals surface area contributed by atoms with Crippen LogP contribution < -0.4 is 5.32 Å². The van der Waals surface area contributed by atoms with Crippen molar-refractivity contribution < 1.29 is 4.79 Å². The van der Waals surface area contributed by atoms with Crippen LogP contribution in [0.15, 0.2) is 24.4 Å². The van der Waals surface area contributed by atoms with Crippen LogP contribution in [0.2, 0.25) is 0 Å². The molecule has 1 rings (SSSR count). The summed E-state index contributed by atoms with van der Waals surface area (Å²) in [6, 6.07) is 5.99. The number of carbonyl (C=O) groups excluding carboxylic acids is 1. The zero-order valence-electron chi connectivity index (χ0n) is 9.20. The third kappa shape index (κ3) is 5.83. The molecule has 3 nitrogen and oxygen atoms in total. The van der Waals surface area contributed by atoms with Gasteiger partial charge in [0.25, 0.3) is 0 Å². The topological polar surface area (TPSA) is 42.0 Å². The summed E-state index contributed by atoms with van der Waals surface area (Å²) in [7, 11) is 0. The molecule has 82 valence electrons. The highest BCUT2D eigenvalue weighted by atomic mass is 16.1. The van der Waals surface area contributed by atoms with Crippen LogP contribution in [0.5, 0.6) is 0 Å². The highest BCUT2D eigenvalue weighted by Crippen LogP contribution is 2.02. The number of amides is 1. The van der Waals surface area contributed by atoms with Crippen LogP contribution in [-0.4, -0.2) is 17.4 Å². The maximum atomic E-state index is 10.6. The zero-order valence-corrected chi connectivity index (χ0v) is 9.20. The fourth-order valence-corrected chi connectivity index (χ4v) is 1.42. The van der Waals surface area contributed by atoms with Gasteiger partial charge in [-0.2, -0.15) is 0 Å². The first-order valence-electron chi connectivity index (χ1n) is 5.43. The summed E-state index contributed by atoms with van der Waals surface area (Å²) in [5.74, 6) is 0.0553. The molecule has 0 fully saturated rings. The number of rotatable bonds is 6. The van der Waals surface area contributed by atoms with Gasteiger partial charge in [-0.25, -0.2) is 0 Å². The molecule has 1 N–H and O–H groups in total. The quantitative estimate of drug-likeness (QED) is 0.723. The van der Waals surface area contributed by atoms with Gasteiger partial charge < -0.3 is 5.32 Å². The molecule has 1 heterocycles. The average Bonchev–Trinajstić information content (AvgIpc) is 2.24. The molecule has 0 aliphatic carbocycles. The molecule has 0 spiro atoms. The van der Waals surface area contributed by atoms with Gasteiger partial charge in [0.05, 0.1) is 0 Å². The Balaban J connectivity index is 2.00. The first-order chi connectivity index (χ1) is 7.29. The smallest absolute Gasteiger partial charge is 0.216 e. The van der Waals surface area contributed by atoms with Gasteiger partial charge in [0.1, 0.15) is 0 Å². The predicted octanol–water partition coefficient (Wildman–Crippen LogP) is 1.93. The van der Waals surface area contributed by atoms with Crippen molar-refractivity contribution in [3.8, 4) is 0 Å². The van der Waals surface area contributed by atoms with Gasteiger partial charge >= 0.3 is 0 Å². The minimum atomic E-state index is 0.0553. The fraction of sp³-hybridized carbons (Fsp3) is 0.500. The van der Waals surface area contributed by atoms with Crippen LogP contribution in [0, 0.1) is 0 Å². The van der Waals surface area contributed by atoms with Gasteiger partial charge in [-0.15, -0.1) is 0 Å². The molecule has 0 radical (unpaired) electrons. The van der Waals surface area contributed by atoms with Crippen molar-refractivity contribution in [3.05, 3.63) is 30.1 Å². The van der Waals surface area contributed by atoms with E-state index in [0.717, 1.165) is 37.9 Å². The number of hydrogen-bond donors (Lipinski definition) is 1. The highest BCUT2D eigenvalue weighted by molar-refractivity contribution is 5.72. The largest absolute Gasteiger partial charge is 0.356 e. The maximum absolute atomic E-state index is 10.6. The van der Waals surface area contributed by atoms with Crippen molar-refractivity contribution >= 4 is 5.91 Å². The Morgan fingerprint density at radius 2 is 2.20 bits per heavy atom. The molecule has 0 aromatic carbocycles. The van der Waals surface area contributed by atoms with Gasteiger partial charge in [-0.1, -0.05) is 12.5 Å². The van der Waals surface area contributed by atoms with Crippen molar-refractivity contribution in [1.29, 1.82) is 0 Å². The van der Waals surface area contributed by atoms with E-state index in [4.69, 9.17) is 0 Å². The van der Waals surface area contributed by atoms with E-state index in [-0.39, 0.29) is 5.91 Å². The number of nitrogens with one attached hydrogen (secondary N) is 1. The minimum Gasteiger partial charge on any atom is -0.356 e. The number of carbonyl (C=O) groups is 1. The molecule has 1 aromatic heterocycles. The van der Waals surface area contributed by atoms with E-state index in [1.165, 1.54) is 0 Å². The van der Waals surface area contributed by atoms with Crippen LogP contribution in [0.25, 0.3) is 0 Å². The van der Waals surface area contributed by atoms with Crippen LogP contribution >= 0.6 is 0 Å². The zero-order chi connectivity index (χ0) is 10.9. The van der Waals surface area contributed by atoms with E-state index >= 15 is 0 Å². The Labute approximate surface area is 90.9 Å². The third-order valence-corrected chi connectivity index (χ3v) is 2.21. The number of aryl methyl sites for hydroxylation is 1. The molecule has 0 aliphatic rings. The fourth-order valence-electron chi connectivity index (χ4n) is 1.42. The van der Waals surface area contributed by atoms with Crippen molar-refractivity contribution in [2.75, 3.05) is 6.54 Å². The average molecular weight is 206 g/mol. The first-order valence-corrected chi connectivity index (χ1v) is 5.43. The van der Waals surface area contributed by atoms with E-state index in [9.17, 15) is 4.79 Å². The number of pyridine rings is 1. The Bertz CT molecular complexity index is 285. The van der Waals surface area contributed by atoms with E-state index in [2.05, 4.69) is 10.3 Å². The van der Waals surface area contributed by atoms with Crippen LogP contribution in [0.1, 0.15) is 31.9 Å². The summed E-state index contributed by atoms with van der Waals surface area (Å²) >= 11 is 0. The van der Waals surface area contributed by atoms with Crippen LogP contribution in [0.4, 0.5) is 0 Å². The highest BCUT2D eigenvalue weighted by Gasteiger charge is 1.94. The van der Waals surface area contributed by atoms with Gasteiger partial charge in [0.2, 0.25) is 5.91 Å². The molecule has 1 aromatic rings. The first kappa shape index (κ1) is 11.7. The van der Waals surface area contributed by atoms with Crippen LogP contribution in [0.3, 0.4) is 0 Å².